The summed E-state index contributed by atoms with van der Waals surface area (Å²) in [5, 5.41) is 0. The molecular formula is C15H13BrO. The summed E-state index contributed by atoms with van der Waals surface area (Å²) in [5.41, 5.74) is 3.67. The zero-order chi connectivity index (χ0) is 12.4. The first kappa shape index (κ1) is 12.1. The summed E-state index contributed by atoms with van der Waals surface area (Å²) in [5.74, 6) is 0.0561. The Morgan fingerprint density at radius 1 is 1.00 bits per heavy atom. The van der Waals surface area contributed by atoms with Crippen LogP contribution in [0.4, 0.5) is 0 Å². The van der Waals surface area contributed by atoms with Gasteiger partial charge in [-0.1, -0.05) is 42.0 Å². The molecule has 0 radical (unpaired) electrons. The molecule has 0 heterocycles. The van der Waals surface area contributed by atoms with Crippen LogP contribution in [0.2, 0.25) is 0 Å². The first-order valence-electron chi connectivity index (χ1n) is 5.46. The van der Waals surface area contributed by atoms with Crippen molar-refractivity contribution in [1.82, 2.24) is 0 Å². The van der Waals surface area contributed by atoms with Gasteiger partial charge in [-0.2, -0.15) is 0 Å². The fraction of sp³-hybridized carbons (Fsp3) is 0.133. The summed E-state index contributed by atoms with van der Waals surface area (Å²) in [6.07, 6.45) is 0. The molecule has 86 valence electrons. The van der Waals surface area contributed by atoms with Gasteiger partial charge in [0.2, 0.25) is 0 Å². The molecule has 0 atom stereocenters. The molecule has 0 unspecified atom stereocenters. The molecule has 0 saturated carbocycles. The summed E-state index contributed by atoms with van der Waals surface area (Å²) in [6.45, 7) is 3.99. The number of hydrogen-bond acceptors (Lipinski definition) is 1. The molecule has 0 N–H and O–H groups in total. The van der Waals surface area contributed by atoms with Crippen LogP contribution in [0.25, 0.3) is 0 Å². The summed E-state index contributed by atoms with van der Waals surface area (Å²) in [4.78, 5) is 12.3. The Hall–Kier alpha value is -1.41. The molecular weight excluding hydrogens is 276 g/mol. The van der Waals surface area contributed by atoms with Gasteiger partial charge in [-0.25, -0.2) is 0 Å². The first-order chi connectivity index (χ1) is 8.09. The van der Waals surface area contributed by atoms with Crippen molar-refractivity contribution >= 4 is 21.7 Å². The Kier molecular flexibility index (Phi) is 3.43. The van der Waals surface area contributed by atoms with E-state index in [2.05, 4.69) is 15.9 Å². The van der Waals surface area contributed by atoms with E-state index < -0.39 is 0 Å². The molecule has 2 aromatic carbocycles. The van der Waals surface area contributed by atoms with Gasteiger partial charge in [0.25, 0.3) is 0 Å². The van der Waals surface area contributed by atoms with Gasteiger partial charge in [0.05, 0.1) is 0 Å². The van der Waals surface area contributed by atoms with Gasteiger partial charge in [-0.05, 0) is 41.4 Å². The largest absolute Gasteiger partial charge is 0.289 e. The first-order valence-corrected chi connectivity index (χ1v) is 6.25. The lowest BCUT2D eigenvalue weighted by Crippen LogP contribution is -2.03. The quantitative estimate of drug-likeness (QED) is 0.753. The van der Waals surface area contributed by atoms with Crippen molar-refractivity contribution in [3.8, 4) is 0 Å². The van der Waals surface area contributed by atoms with E-state index in [9.17, 15) is 4.79 Å². The average molecular weight is 289 g/mol. The van der Waals surface area contributed by atoms with Gasteiger partial charge >= 0.3 is 0 Å². The lowest BCUT2D eigenvalue weighted by Gasteiger charge is -2.06. The maximum atomic E-state index is 12.3. The summed E-state index contributed by atoms with van der Waals surface area (Å²) < 4.78 is 0.880. The van der Waals surface area contributed by atoms with Gasteiger partial charge in [-0.3, -0.25) is 4.79 Å². The normalized spacial score (nSPS) is 10.3. The van der Waals surface area contributed by atoms with E-state index in [1.54, 1.807) is 0 Å². The minimum absolute atomic E-state index is 0.0561. The number of halogens is 1. The smallest absolute Gasteiger partial charge is 0.194 e. The number of hydrogen-bond donors (Lipinski definition) is 0. The van der Waals surface area contributed by atoms with Crippen molar-refractivity contribution in [1.29, 1.82) is 0 Å². The number of rotatable bonds is 2. The van der Waals surface area contributed by atoms with Crippen LogP contribution in [-0.4, -0.2) is 5.78 Å². The second kappa shape index (κ2) is 4.84. The molecule has 2 aromatic rings. The highest BCUT2D eigenvalue weighted by molar-refractivity contribution is 9.10. The molecule has 0 bridgehead atoms. The summed E-state index contributed by atoms with van der Waals surface area (Å²) in [7, 11) is 0. The van der Waals surface area contributed by atoms with Crippen molar-refractivity contribution in [3.63, 3.8) is 0 Å². The van der Waals surface area contributed by atoms with Crippen LogP contribution in [0, 0.1) is 13.8 Å². The Morgan fingerprint density at radius 2 is 1.65 bits per heavy atom. The fourth-order valence-electron chi connectivity index (χ4n) is 1.68. The highest BCUT2D eigenvalue weighted by Gasteiger charge is 2.13. The van der Waals surface area contributed by atoms with E-state index in [0.29, 0.717) is 5.56 Å². The molecule has 0 aromatic heterocycles. The zero-order valence-corrected chi connectivity index (χ0v) is 11.4. The second-order valence-electron chi connectivity index (χ2n) is 4.13. The van der Waals surface area contributed by atoms with Crippen LogP contribution in [0.15, 0.2) is 46.9 Å². The van der Waals surface area contributed by atoms with Gasteiger partial charge in [0.15, 0.2) is 5.78 Å². The van der Waals surface area contributed by atoms with Gasteiger partial charge < -0.3 is 0 Å². The van der Waals surface area contributed by atoms with Crippen LogP contribution < -0.4 is 0 Å². The van der Waals surface area contributed by atoms with Crippen LogP contribution in [0.1, 0.15) is 27.0 Å². The van der Waals surface area contributed by atoms with Crippen molar-refractivity contribution < 1.29 is 4.79 Å². The molecule has 0 spiro atoms. The van der Waals surface area contributed by atoms with Crippen molar-refractivity contribution in [2.75, 3.05) is 0 Å². The molecule has 0 aliphatic carbocycles. The number of aryl methyl sites for hydroxylation is 2. The lowest BCUT2D eigenvalue weighted by molar-refractivity contribution is 0.103. The minimum Gasteiger partial charge on any atom is -0.289 e. The predicted molar refractivity (Wildman–Crippen MR) is 73.5 cm³/mol. The van der Waals surface area contributed by atoms with E-state index in [0.717, 1.165) is 21.2 Å². The minimum atomic E-state index is 0.0561. The zero-order valence-electron chi connectivity index (χ0n) is 9.83. The molecule has 0 saturated heterocycles. The number of benzene rings is 2. The Labute approximate surface area is 110 Å². The third-order valence-corrected chi connectivity index (χ3v) is 3.80. The van der Waals surface area contributed by atoms with E-state index in [1.165, 1.54) is 0 Å². The Morgan fingerprint density at radius 3 is 2.29 bits per heavy atom. The highest BCUT2D eigenvalue weighted by Crippen LogP contribution is 2.23. The maximum Gasteiger partial charge on any atom is 0.194 e. The second-order valence-corrected chi connectivity index (χ2v) is 4.92. The van der Waals surface area contributed by atoms with E-state index >= 15 is 0 Å². The third-order valence-electron chi connectivity index (χ3n) is 2.75. The Bertz CT molecular complexity index is 556. The van der Waals surface area contributed by atoms with Crippen molar-refractivity contribution in [2.45, 2.75) is 13.8 Å². The van der Waals surface area contributed by atoms with Gasteiger partial charge in [0, 0.05) is 15.6 Å². The molecule has 0 amide bonds. The number of carbonyl (C=O) groups excluding carboxylic acids is 1. The van der Waals surface area contributed by atoms with Gasteiger partial charge in [0.1, 0.15) is 0 Å². The monoisotopic (exact) mass is 288 g/mol. The van der Waals surface area contributed by atoms with E-state index in [4.69, 9.17) is 0 Å². The molecule has 2 rings (SSSR count). The molecule has 0 aliphatic heterocycles. The lowest BCUT2D eigenvalue weighted by atomic mass is 10.0. The van der Waals surface area contributed by atoms with Gasteiger partial charge in [-0.15, -0.1) is 0 Å². The van der Waals surface area contributed by atoms with E-state index in [-0.39, 0.29) is 5.78 Å². The van der Waals surface area contributed by atoms with Crippen molar-refractivity contribution in [2.24, 2.45) is 0 Å². The highest BCUT2D eigenvalue weighted by atomic mass is 79.9. The predicted octanol–water partition coefficient (Wildman–Crippen LogP) is 4.30. The van der Waals surface area contributed by atoms with Crippen LogP contribution >= 0.6 is 15.9 Å². The van der Waals surface area contributed by atoms with Crippen LogP contribution in [0.3, 0.4) is 0 Å². The number of carbonyl (C=O) groups is 1. The van der Waals surface area contributed by atoms with Crippen LogP contribution in [0.5, 0.6) is 0 Å². The van der Waals surface area contributed by atoms with Crippen molar-refractivity contribution in [3.05, 3.63) is 69.2 Å². The molecule has 0 aliphatic rings. The number of ketones is 1. The molecule has 0 fully saturated rings. The topological polar surface area (TPSA) is 17.1 Å². The average Bonchev–Trinajstić information content (AvgIpc) is 2.33. The third kappa shape index (κ3) is 2.47. The maximum absolute atomic E-state index is 12.3. The van der Waals surface area contributed by atoms with E-state index in [1.807, 2.05) is 56.3 Å². The molecule has 17 heavy (non-hydrogen) atoms. The summed E-state index contributed by atoms with van der Waals surface area (Å²) >= 11 is 3.47. The van der Waals surface area contributed by atoms with Crippen LogP contribution in [-0.2, 0) is 0 Å². The fourth-order valence-corrected chi connectivity index (χ4v) is 2.13. The SMILES string of the molecule is Cc1ccc(C(=O)c2cccc(C)c2Br)cc1. The molecule has 2 heteroatoms. The Balaban J connectivity index is 2.44. The standard InChI is InChI=1S/C15H13BrO/c1-10-6-8-12(9-7-10)15(17)13-5-3-4-11(2)14(13)16/h3-9H,1-2H3. The summed E-state index contributed by atoms with van der Waals surface area (Å²) in [6, 6.07) is 13.4. The molecule has 1 nitrogen and oxygen atoms in total.